The molecule has 0 amide bonds. The highest BCUT2D eigenvalue weighted by Gasteiger charge is 2.44. The van der Waals surface area contributed by atoms with Gasteiger partial charge < -0.3 is 9.84 Å². The highest BCUT2D eigenvalue weighted by Crippen LogP contribution is 2.52. The molecule has 0 spiro atoms. The maximum Gasteiger partial charge on any atom is 0.298 e. The fourth-order valence-corrected chi connectivity index (χ4v) is 5.07. The van der Waals surface area contributed by atoms with E-state index in [0.717, 1.165) is 28.7 Å². The van der Waals surface area contributed by atoms with Gasteiger partial charge in [0.2, 0.25) is 0 Å². The Hall–Kier alpha value is -3.85. The van der Waals surface area contributed by atoms with Gasteiger partial charge in [0, 0.05) is 0 Å². The Balaban J connectivity index is 1.95. The zero-order valence-electron chi connectivity index (χ0n) is 18.1. The second-order valence-corrected chi connectivity index (χ2v) is 8.44. The summed E-state index contributed by atoms with van der Waals surface area (Å²) in [5.41, 5.74) is 7.84. The molecule has 1 aliphatic rings. The van der Waals surface area contributed by atoms with E-state index in [1.807, 2.05) is 38.1 Å². The van der Waals surface area contributed by atoms with Crippen molar-refractivity contribution in [3.8, 4) is 11.5 Å². The van der Waals surface area contributed by atoms with Gasteiger partial charge in [0.1, 0.15) is 11.5 Å². The van der Waals surface area contributed by atoms with Crippen molar-refractivity contribution in [2.45, 2.75) is 25.7 Å². The number of aryl methyl sites for hydroxylation is 2. The minimum absolute atomic E-state index is 0.263. The topological polar surface area (TPSA) is 46.5 Å². The van der Waals surface area contributed by atoms with E-state index in [9.17, 15) is 9.90 Å². The van der Waals surface area contributed by atoms with Crippen molar-refractivity contribution in [2.75, 3.05) is 0 Å². The second-order valence-electron chi connectivity index (χ2n) is 8.44. The van der Waals surface area contributed by atoms with Crippen LogP contribution in [0, 0.1) is 13.8 Å². The number of benzene rings is 4. The van der Waals surface area contributed by atoms with Crippen LogP contribution in [-0.4, -0.2) is 11.6 Å². The van der Waals surface area contributed by atoms with E-state index in [1.54, 1.807) is 0 Å². The van der Waals surface area contributed by atoms with Gasteiger partial charge in [-0.15, -0.1) is 0 Å². The molecule has 0 bridgehead atoms. The maximum absolute atomic E-state index is 11.2. The van der Waals surface area contributed by atoms with Crippen LogP contribution in [0.15, 0.2) is 84.9 Å². The van der Waals surface area contributed by atoms with Gasteiger partial charge in [-0.2, -0.15) is 0 Å². The van der Waals surface area contributed by atoms with Crippen molar-refractivity contribution < 1.29 is 14.6 Å². The van der Waals surface area contributed by atoms with Gasteiger partial charge in [-0.25, -0.2) is 0 Å². The molecular formula is C29H24O3. The average Bonchev–Trinajstić information content (AvgIpc) is 2.81. The number of carbonyl (C=O) groups excluding carboxylic acids is 1. The normalized spacial score (nSPS) is 13.7. The van der Waals surface area contributed by atoms with Crippen molar-refractivity contribution in [2.24, 2.45) is 0 Å². The Labute approximate surface area is 187 Å². The maximum atomic E-state index is 11.2. The van der Waals surface area contributed by atoms with Crippen molar-refractivity contribution in [1.82, 2.24) is 0 Å². The van der Waals surface area contributed by atoms with Crippen molar-refractivity contribution in [3.05, 3.63) is 129 Å². The minimum atomic E-state index is -0.661. The zero-order chi connectivity index (χ0) is 22.3. The van der Waals surface area contributed by atoms with Gasteiger partial charge >= 0.3 is 0 Å². The van der Waals surface area contributed by atoms with E-state index in [1.165, 1.54) is 22.3 Å². The summed E-state index contributed by atoms with van der Waals surface area (Å²) in [5, 5.41) is 10.7. The molecule has 3 nitrogen and oxygen atoms in total. The van der Waals surface area contributed by atoms with Gasteiger partial charge in [0.15, 0.2) is 0 Å². The lowest BCUT2D eigenvalue weighted by atomic mass is 9.59. The predicted octanol–water partition coefficient (Wildman–Crippen LogP) is 5.83. The van der Waals surface area contributed by atoms with E-state index >= 15 is 0 Å². The molecule has 3 heteroatoms. The van der Waals surface area contributed by atoms with Crippen LogP contribution in [0.2, 0.25) is 0 Å². The summed E-state index contributed by atoms with van der Waals surface area (Å²) in [4.78, 5) is 11.2. The molecule has 5 rings (SSSR count). The molecule has 4 aromatic carbocycles. The van der Waals surface area contributed by atoms with Crippen LogP contribution >= 0.6 is 0 Å². The molecule has 4 aromatic rings. The van der Waals surface area contributed by atoms with Crippen LogP contribution in [-0.2, 0) is 16.6 Å². The molecule has 0 aliphatic heterocycles. The first kappa shape index (κ1) is 20.1. The molecule has 0 saturated heterocycles. The highest BCUT2D eigenvalue weighted by atomic mass is 16.5. The fourth-order valence-electron chi connectivity index (χ4n) is 5.07. The molecule has 0 radical (unpaired) electrons. The Kier molecular flexibility index (Phi) is 4.82. The molecule has 1 N–H and O–H groups in total. The van der Waals surface area contributed by atoms with Crippen molar-refractivity contribution in [3.63, 3.8) is 0 Å². The van der Waals surface area contributed by atoms with Crippen LogP contribution in [0.25, 0.3) is 0 Å². The number of aromatic hydroxyl groups is 1. The van der Waals surface area contributed by atoms with Crippen LogP contribution in [0.4, 0.5) is 0 Å². The number of hydrogen-bond acceptors (Lipinski definition) is 3. The third-order valence-electron chi connectivity index (χ3n) is 6.66. The minimum Gasteiger partial charge on any atom is -0.508 e. The van der Waals surface area contributed by atoms with Crippen molar-refractivity contribution in [1.29, 1.82) is 0 Å². The van der Waals surface area contributed by atoms with Crippen LogP contribution in [0.5, 0.6) is 11.5 Å². The van der Waals surface area contributed by atoms with Gasteiger partial charge in [-0.3, -0.25) is 4.79 Å². The number of fused-ring (bicyclic) bond motifs is 2. The lowest BCUT2D eigenvalue weighted by Crippen LogP contribution is -2.36. The zero-order valence-corrected chi connectivity index (χ0v) is 18.1. The number of rotatable bonds is 4. The van der Waals surface area contributed by atoms with E-state index in [2.05, 4.69) is 60.7 Å². The van der Waals surface area contributed by atoms with E-state index in [4.69, 9.17) is 4.74 Å². The molecule has 0 saturated carbocycles. The lowest BCUT2D eigenvalue weighted by molar-refractivity contribution is -0.120. The van der Waals surface area contributed by atoms with Crippen LogP contribution in [0.3, 0.4) is 0 Å². The lowest BCUT2D eigenvalue weighted by Gasteiger charge is -2.42. The van der Waals surface area contributed by atoms with Gasteiger partial charge in [0.25, 0.3) is 6.47 Å². The first-order chi connectivity index (χ1) is 15.6. The highest BCUT2D eigenvalue weighted by molar-refractivity contribution is 5.68. The first-order valence-electron chi connectivity index (χ1n) is 10.7. The first-order valence-corrected chi connectivity index (χ1v) is 10.7. The molecule has 1 aliphatic carbocycles. The fraction of sp³-hybridized carbons (Fsp3) is 0.138. The Morgan fingerprint density at radius 3 is 1.94 bits per heavy atom. The number of phenols is 1. The molecule has 0 fully saturated rings. The molecule has 158 valence electrons. The summed E-state index contributed by atoms with van der Waals surface area (Å²) in [7, 11) is 0. The van der Waals surface area contributed by atoms with Gasteiger partial charge in [0.05, 0.1) is 5.41 Å². The molecule has 0 heterocycles. The second kappa shape index (κ2) is 7.69. The summed E-state index contributed by atoms with van der Waals surface area (Å²) in [6.07, 6.45) is 0.843. The number of phenolic OH excluding ortho intramolecular Hbond substituents is 1. The number of hydrogen-bond donors (Lipinski definition) is 1. The molecule has 0 aromatic heterocycles. The number of carbonyl (C=O) groups is 1. The smallest absolute Gasteiger partial charge is 0.298 e. The van der Waals surface area contributed by atoms with E-state index in [-0.39, 0.29) is 5.75 Å². The van der Waals surface area contributed by atoms with Crippen molar-refractivity contribution >= 4 is 6.47 Å². The monoisotopic (exact) mass is 420 g/mol. The summed E-state index contributed by atoms with van der Waals surface area (Å²) < 4.78 is 5.34. The molecule has 32 heavy (non-hydrogen) atoms. The quantitative estimate of drug-likeness (QED) is 0.372. The largest absolute Gasteiger partial charge is 0.508 e. The molecular weight excluding hydrogens is 396 g/mol. The standard InChI is InChI=1S/C29H24O3/c1-19-11-13-23(16-27(19)31)29(24-14-12-20(2)28(17-24)32-18-30)25-9-5-3-7-21(25)15-22-8-4-6-10-26(22)29/h3-14,16-18,31H,15H2,1-2H3. The summed E-state index contributed by atoms with van der Waals surface area (Å²) >= 11 is 0. The molecule has 0 atom stereocenters. The Morgan fingerprint density at radius 2 is 1.34 bits per heavy atom. The van der Waals surface area contributed by atoms with E-state index < -0.39 is 5.41 Å². The third kappa shape index (κ3) is 2.93. The van der Waals surface area contributed by atoms with Crippen LogP contribution < -0.4 is 4.74 Å². The summed E-state index contributed by atoms with van der Waals surface area (Å²) in [6.45, 7) is 4.30. The SMILES string of the molecule is Cc1ccc(C2(c3ccc(C)c(OC=O)c3)c3ccccc3Cc3ccccc32)cc1O. The summed E-state index contributed by atoms with van der Waals surface area (Å²) in [5.74, 6) is 0.799. The van der Waals surface area contributed by atoms with Crippen LogP contribution in [0.1, 0.15) is 44.5 Å². The summed E-state index contributed by atoms with van der Waals surface area (Å²) in [6, 6.07) is 28.9. The molecule has 0 unspecified atom stereocenters. The van der Waals surface area contributed by atoms with Gasteiger partial charge in [-0.05, 0) is 76.9 Å². The number of ether oxygens (including phenoxy) is 1. The predicted molar refractivity (Wildman–Crippen MR) is 125 cm³/mol. The van der Waals surface area contributed by atoms with E-state index in [0.29, 0.717) is 12.2 Å². The third-order valence-corrected chi connectivity index (χ3v) is 6.66. The Morgan fingerprint density at radius 1 is 0.781 bits per heavy atom. The Bertz CT molecular complexity index is 1290. The van der Waals surface area contributed by atoms with Gasteiger partial charge in [-0.1, -0.05) is 72.8 Å². The average molecular weight is 421 g/mol.